The lowest BCUT2D eigenvalue weighted by Crippen LogP contribution is -2.42. The molecule has 0 radical (unpaired) electrons. The van der Waals surface area contributed by atoms with Crippen molar-refractivity contribution in [3.05, 3.63) is 29.8 Å². The molecule has 0 saturated carbocycles. The van der Waals surface area contributed by atoms with Crippen LogP contribution >= 0.6 is 0 Å². The molecule has 3 nitrogen and oxygen atoms in total. The third kappa shape index (κ3) is 3.14. The van der Waals surface area contributed by atoms with E-state index in [0.29, 0.717) is 31.6 Å². The average molecular weight is 261 g/mol. The summed E-state index contributed by atoms with van der Waals surface area (Å²) in [4.78, 5) is 0. The zero-order chi connectivity index (χ0) is 13.2. The van der Waals surface area contributed by atoms with Crippen molar-refractivity contribution in [3.8, 4) is 5.75 Å². The molecule has 6 heteroatoms. The predicted octanol–water partition coefficient (Wildman–Crippen LogP) is 2.55. The van der Waals surface area contributed by atoms with Gasteiger partial charge in [-0.1, -0.05) is 12.1 Å². The van der Waals surface area contributed by atoms with Crippen molar-refractivity contribution in [2.75, 3.05) is 13.2 Å². The minimum atomic E-state index is -4.68. The molecular weight excluding hydrogens is 247 g/mol. The molecule has 0 aromatic heterocycles. The molecular formula is C12H14F3NO2. The standard InChI is InChI=1S/C12H14F3NO2/c13-12(14,15)18-10-3-1-2-9(8-10)11(16)4-6-17-7-5-11/h1-3,8H,4-7,16H2. The van der Waals surface area contributed by atoms with E-state index in [4.69, 9.17) is 10.5 Å². The Kier molecular flexibility index (Phi) is 3.49. The maximum Gasteiger partial charge on any atom is 0.573 e. The van der Waals surface area contributed by atoms with Crippen molar-refractivity contribution >= 4 is 0 Å². The van der Waals surface area contributed by atoms with Gasteiger partial charge < -0.3 is 15.2 Å². The van der Waals surface area contributed by atoms with Crippen LogP contribution in [-0.2, 0) is 10.3 Å². The Morgan fingerprint density at radius 2 is 1.89 bits per heavy atom. The summed E-state index contributed by atoms with van der Waals surface area (Å²) in [5.41, 5.74) is 6.21. The highest BCUT2D eigenvalue weighted by atomic mass is 19.4. The second kappa shape index (κ2) is 4.78. The topological polar surface area (TPSA) is 44.5 Å². The molecule has 0 aliphatic carbocycles. The van der Waals surface area contributed by atoms with Gasteiger partial charge in [-0.15, -0.1) is 13.2 Å². The molecule has 1 aromatic carbocycles. The molecule has 1 aliphatic heterocycles. The van der Waals surface area contributed by atoms with Gasteiger partial charge in [0.05, 0.1) is 0 Å². The molecule has 1 fully saturated rings. The van der Waals surface area contributed by atoms with Crippen LogP contribution in [0.4, 0.5) is 13.2 Å². The van der Waals surface area contributed by atoms with Gasteiger partial charge in [-0.2, -0.15) is 0 Å². The summed E-state index contributed by atoms with van der Waals surface area (Å²) in [6.45, 7) is 1.03. The lowest BCUT2D eigenvalue weighted by Gasteiger charge is -2.34. The predicted molar refractivity (Wildman–Crippen MR) is 59.0 cm³/mol. The first-order valence-electron chi connectivity index (χ1n) is 5.62. The largest absolute Gasteiger partial charge is 0.573 e. The Morgan fingerprint density at radius 3 is 2.50 bits per heavy atom. The van der Waals surface area contributed by atoms with Gasteiger partial charge in [0, 0.05) is 18.8 Å². The third-order valence-electron chi connectivity index (χ3n) is 3.03. The number of rotatable bonds is 2. The Hall–Kier alpha value is -1.27. The highest BCUT2D eigenvalue weighted by Crippen LogP contribution is 2.32. The molecule has 1 aliphatic rings. The summed E-state index contributed by atoms with van der Waals surface area (Å²) in [5.74, 6) is -0.240. The van der Waals surface area contributed by atoms with E-state index < -0.39 is 11.9 Å². The Morgan fingerprint density at radius 1 is 1.22 bits per heavy atom. The smallest absolute Gasteiger partial charge is 0.406 e. The number of hydrogen-bond donors (Lipinski definition) is 1. The van der Waals surface area contributed by atoms with Crippen LogP contribution in [0.2, 0.25) is 0 Å². The summed E-state index contributed by atoms with van der Waals surface area (Å²) in [5, 5.41) is 0. The minimum Gasteiger partial charge on any atom is -0.406 e. The normalized spacial score (nSPS) is 19.6. The molecule has 1 heterocycles. The van der Waals surface area contributed by atoms with E-state index in [1.165, 1.54) is 18.2 Å². The highest BCUT2D eigenvalue weighted by Gasteiger charge is 2.33. The Balaban J connectivity index is 2.21. The first-order valence-corrected chi connectivity index (χ1v) is 5.62. The van der Waals surface area contributed by atoms with Crippen molar-refractivity contribution in [3.63, 3.8) is 0 Å². The molecule has 0 unspecified atom stereocenters. The van der Waals surface area contributed by atoms with Crippen LogP contribution in [0.1, 0.15) is 18.4 Å². The zero-order valence-corrected chi connectivity index (χ0v) is 9.67. The molecule has 2 rings (SSSR count). The van der Waals surface area contributed by atoms with Crippen LogP contribution in [0.25, 0.3) is 0 Å². The quantitative estimate of drug-likeness (QED) is 0.889. The van der Waals surface area contributed by atoms with Gasteiger partial charge in [0.2, 0.25) is 0 Å². The molecule has 0 atom stereocenters. The molecule has 1 aromatic rings. The maximum atomic E-state index is 12.1. The van der Waals surface area contributed by atoms with E-state index in [0.717, 1.165) is 0 Å². The Bertz CT molecular complexity index is 414. The van der Waals surface area contributed by atoms with Gasteiger partial charge in [-0.25, -0.2) is 0 Å². The van der Waals surface area contributed by atoms with Crippen molar-refractivity contribution in [1.82, 2.24) is 0 Å². The monoisotopic (exact) mass is 261 g/mol. The first-order chi connectivity index (χ1) is 8.39. The summed E-state index contributed by atoms with van der Waals surface area (Å²) >= 11 is 0. The summed E-state index contributed by atoms with van der Waals surface area (Å²) < 4.78 is 45.5. The Labute approximate surface area is 103 Å². The van der Waals surface area contributed by atoms with Crippen LogP contribution in [-0.4, -0.2) is 19.6 Å². The van der Waals surface area contributed by atoms with Crippen molar-refractivity contribution < 1.29 is 22.6 Å². The van der Waals surface area contributed by atoms with Crippen molar-refractivity contribution in [2.24, 2.45) is 5.73 Å². The number of nitrogens with two attached hydrogens (primary N) is 1. The lowest BCUT2D eigenvalue weighted by atomic mass is 9.84. The molecule has 0 amide bonds. The fourth-order valence-electron chi connectivity index (χ4n) is 2.03. The van der Waals surface area contributed by atoms with E-state index in [1.807, 2.05) is 0 Å². The fourth-order valence-corrected chi connectivity index (χ4v) is 2.03. The number of benzene rings is 1. The van der Waals surface area contributed by atoms with Crippen molar-refractivity contribution in [1.29, 1.82) is 0 Å². The van der Waals surface area contributed by atoms with E-state index in [1.54, 1.807) is 6.07 Å². The van der Waals surface area contributed by atoms with Gasteiger partial charge in [0.25, 0.3) is 0 Å². The third-order valence-corrected chi connectivity index (χ3v) is 3.03. The van der Waals surface area contributed by atoms with Crippen LogP contribution in [0.15, 0.2) is 24.3 Å². The number of hydrogen-bond acceptors (Lipinski definition) is 3. The van der Waals surface area contributed by atoms with E-state index >= 15 is 0 Å². The van der Waals surface area contributed by atoms with Gasteiger partial charge in [0.15, 0.2) is 0 Å². The van der Waals surface area contributed by atoms with Crippen LogP contribution in [0.5, 0.6) is 5.75 Å². The van der Waals surface area contributed by atoms with Crippen molar-refractivity contribution in [2.45, 2.75) is 24.7 Å². The second-order valence-electron chi connectivity index (χ2n) is 4.34. The number of ether oxygens (including phenoxy) is 2. The zero-order valence-electron chi connectivity index (χ0n) is 9.67. The van der Waals surface area contributed by atoms with Gasteiger partial charge in [-0.3, -0.25) is 0 Å². The van der Waals surface area contributed by atoms with Crippen LogP contribution < -0.4 is 10.5 Å². The first kappa shape index (κ1) is 13.2. The molecule has 0 spiro atoms. The second-order valence-corrected chi connectivity index (χ2v) is 4.34. The van der Waals surface area contributed by atoms with Crippen LogP contribution in [0.3, 0.4) is 0 Å². The number of alkyl halides is 3. The van der Waals surface area contributed by atoms with Crippen LogP contribution in [0, 0.1) is 0 Å². The molecule has 2 N–H and O–H groups in total. The van der Waals surface area contributed by atoms with Gasteiger partial charge >= 0.3 is 6.36 Å². The summed E-state index contributed by atoms with van der Waals surface area (Å²) in [7, 11) is 0. The number of halogens is 3. The molecule has 18 heavy (non-hydrogen) atoms. The highest BCUT2D eigenvalue weighted by molar-refractivity contribution is 5.33. The fraction of sp³-hybridized carbons (Fsp3) is 0.500. The SMILES string of the molecule is NC1(c2cccc(OC(F)(F)F)c2)CCOCC1. The van der Waals surface area contributed by atoms with Gasteiger partial charge in [-0.05, 0) is 30.5 Å². The maximum absolute atomic E-state index is 12.1. The minimum absolute atomic E-state index is 0.240. The van der Waals surface area contributed by atoms with E-state index in [2.05, 4.69) is 4.74 Å². The molecule has 0 bridgehead atoms. The van der Waals surface area contributed by atoms with Gasteiger partial charge in [0.1, 0.15) is 5.75 Å². The van der Waals surface area contributed by atoms with E-state index in [9.17, 15) is 13.2 Å². The summed E-state index contributed by atoms with van der Waals surface area (Å²) in [6, 6.07) is 5.84. The summed E-state index contributed by atoms with van der Waals surface area (Å²) in [6.07, 6.45) is -3.51. The lowest BCUT2D eigenvalue weighted by molar-refractivity contribution is -0.274. The van der Waals surface area contributed by atoms with E-state index in [-0.39, 0.29) is 5.75 Å². The average Bonchev–Trinajstić information content (AvgIpc) is 2.28. The molecule has 100 valence electrons. The molecule has 1 saturated heterocycles.